The van der Waals surface area contributed by atoms with Crippen LogP contribution in [0.2, 0.25) is 0 Å². The SMILES string of the molecule is Cc1cc(C)c(C(N)=S)c(NCC2(C)CCCCC2)n1. The van der Waals surface area contributed by atoms with Crippen LogP contribution in [0.3, 0.4) is 0 Å². The third kappa shape index (κ3) is 3.48. The fourth-order valence-electron chi connectivity index (χ4n) is 3.15. The molecule has 0 amide bonds. The summed E-state index contributed by atoms with van der Waals surface area (Å²) in [5, 5.41) is 3.51. The second-order valence-corrected chi connectivity index (χ2v) is 6.83. The summed E-state index contributed by atoms with van der Waals surface area (Å²) in [6.07, 6.45) is 6.61. The predicted molar refractivity (Wildman–Crippen MR) is 89.3 cm³/mol. The van der Waals surface area contributed by atoms with E-state index in [4.69, 9.17) is 18.0 Å². The summed E-state index contributed by atoms with van der Waals surface area (Å²) in [5.41, 5.74) is 9.22. The van der Waals surface area contributed by atoms with E-state index in [9.17, 15) is 0 Å². The van der Waals surface area contributed by atoms with Crippen molar-refractivity contribution in [3.63, 3.8) is 0 Å². The predicted octanol–water partition coefficient (Wildman–Crippen LogP) is 3.71. The second-order valence-electron chi connectivity index (χ2n) is 6.39. The Kier molecular flexibility index (Phi) is 4.63. The van der Waals surface area contributed by atoms with Crippen LogP contribution < -0.4 is 11.1 Å². The van der Waals surface area contributed by atoms with Crippen LogP contribution in [0.5, 0.6) is 0 Å². The lowest BCUT2D eigenvalue weighted by Crippen LogP contribution is -2.30. The fraction of sp³-hybridized carbons (Fsp3) is 0.625. The van der Waals surface area contributed by atoms with Crippen LogP contribution in [0.25, 0.3) is 0 Å². The van der Waals surface area contributed by atoms with Crippen LogP contribution in [0.1, 0.15) is 55.8 Å². The highest BCUT2D eigenvalue weighted by molar-refractivity contribution is 7.80. The van der Waals surface area contributed by atoms with Gasteiger partial charge in [-0.25, -0.2) is 4.98 Å². The molecule has 3 nitrogen and oxygen atoms in total. The number of anilines is 1. The first-order valence-corrected chi connectivity index (χ1v) is 7.84. The quantitative estimate of drug-likeness (QED) is 0.830. The summed E-state index contributed by atoms with van der Waals surface area (Å²) < 4.78 is 0. The molecule has 1 saturated carbocycles. The lowest BCUT2D eigenvalue weighted by molar-refractivity contribution is 0.233. The zero-order chi connectivity index (χ0) is 14.8. The largest absolute Gasteiger partial charge is 0.389 e. The minimum absolute atomic E-state index is 0.366. The van der Waals surface area contributed by atoms with Crippen molar-refractivity contribution in [2.45, 2.75) is 52.9 Å². The Morgan fingerprint density at radius 2 is 2.00 bits per heavy atom. The molecule has 1 aromatic heterocycles. The Labute approximate surface area is 127 Å². The topological polar surface area (TPSA) is 50.9 Å². The number of nitrogens with one attached hydrogen (secondary N) is 1. The average Bonchev–Trinajstić information content (AvgIpc) is 2.36. The molecule has 110 valence electrons. The van der Waals surface area contributed by atoms with Gasteiger partial charge >= 0.3 is 0 Å². The van der Waals surface area contributed by atoms with Crippen molar-refractivity contribution in [2.24, 2.45) is 11.1 Å². The van der Waals surface area contributed by atoms with E-state index >= 15 is 0 Å². The molecule has 0 radical (unpaired) electrons. The third-order valence-electron chi connectivity index (χ3n) is 4.33. The molecule has 0 aromatic carbocycles. The van der Waals surface area contributed by atoms with Gasteiger partial charge in [0.15, 0.2) is 0 Å². The van der Waals surface area contributed by atoms with Crippen LogP contribution in [0.4, 0.5) is 5.82 Å². The Morgan fingerprint density at radius 3 is 2.60 bits per heavy atom. The van der Waals surface area contributed by atoms with Crippen LogP contribution in [-0.2, 0) is 0 Å². The van der Waals surface area contributed by atoms with Crippen molar-refractivity contribution in [2.75, 3.05) is 11.9 Å². The summed E-state index contributed by atoms with van der Waals surface area (Å²) in [5.74, 6) is 0.849. The molecule has 1 aliphatic carbocycles. The Bertz CT molecular complexity index is 505. The molecule has 0 aliphatic heterocycles. The molecular formula is C16H25N3S. The lowest BCUT2D eigenvalue weighted by atomic mass is 9.76. The molecule has 1 aromatic rings. The molecule has 0 bridgehead atoms. The minimum Gasteiger partial charge on any atom is -0.389 e. The van der Waals surface area contributed by atoms with Gasteiger partial charge in [-0.1, -0.05) is 38.4 Å². The van der Waals surface area contributed by atoms with Crippen LogP contribution in [0.15, 0.2) is 6.07 Å². The Morgan fingerprint density at radius 1 is 1.35 bits per heavy atom. The standard InChI is InChI=1S/C16H25N3S/c1-11-9-12(2)19-15(13(11)14(17)20)18-10-16(3)7-5-4-6-8-16/h9H,4-8,10H2,1-3H3,(H2,17,20)(H,18,19). The van der Waals surface area contributed by atoms with Gasteiger partial charge in [-0.3, -0.25) is 0 Å². The van der Waals surface area contributed by atoms with Gasteiger partial charge in [0, 0.05) is 12.2 Å². The highest BCUT2D eigenvalue weighted by Crippen LogP contribution is 2.36. The molecule has 0 unspecified atom stereocenters. The van der Waals surface area contributed by atoms with Gasteiger partial charge in [-0.05, 0) is 43.7 Å². The lowest BCUT2D eigenvalue weighted by Gasteiger charge is -2.34. The van der Waals surface area contributed by atoms with Crippen LogP contribution in [0, 0.1) is 19.3 Å². The molecule has 0 spiro atoms. The number of aromatic nitrogens is 1. The summed E-state index contributed by atoms with van der Waals surface area (Å²) in [6, 6.07) is 2.03. The number of nitrogens with zero attached hydrogens (tertiary/aromatic N) is 1. The van der Waals surface area contributed by atoms with Gasteiger partial charge in [0.25, 0.3) is 0 Å². The van der Waals surface area contributed by atoms with Crippen molar-refractivity contribution in [3.8, 4) is 0 Å². The summed E-state index contributed by atoms with van der Waals surface area (Å²) in [7, 11) is 0. The molecular weight excluding hydrogens is 266 g/mol. The van der Waals surface area contributed by atoms with Crippen molar-refractivity contribution < 1.29 is 0 Å². The third-order valence-corrected chi connectivity index (χ3v) is 4.54. The van der Waals surface area contributed by atoms with E-state index in [-0.39, 0.29) is 0 Å². The maximum absolute atomic E-state index is 5.86. The van der Waals surface area contributed by atoms with Crippen molar-refractivity contribution in [1.29, 1.82) is 0 Å². The number of hydrogen-bond acceptors (Lipinski definition) is 3. The average molecular weight is 291 g/mol. The number of hydrogen-bond donors (Lipinski definition) is 2. The van der Waals surface area contributed by atoms with E-state index < -0.39 is 0 Å². The van der Waals surface area contributed by atoms with Crippen LogP contribution in [-0.4, -0.2) is 16.5 Å². The zero-order valence-electron chi connectivity index (χ0n) is 12.8. The van der Waals surface area contributed by atoms with Gasteiger partial charge < -0.3 is 11.1 Å². The first-order valence-electron chi connectivity index (χ1n) is 7.43. The van der Waals surface area contributed by atoms with E-state index in [2.05, 4.69) is 17.2 Å². The first kappa shape index (κ1) is 15.2. The van der Waals surface area contributed by atoms with Gasteiger partial charge in [0.1, 0.15) is 10.8 Å². The molecule has 0 saturated heterocycles. The highest BCUT2D eigenvalue weighted by Gasteiger charge is 2.27. The molecule has 1 fully saturated rings. The Balaban J connectivity index is 2.18. The zero-order valence-corrected chi connectivity index (χ0v) is 13.6. The number of rotatable bonds is 4. The molecule has 1 heterocycles. The molecule has 4 heteroatoms. The summed E-state index contributed by atoms with van der Waals surface area (Å²) >= 11 is 5.18. The van der Waals surface area contributed by atoms with E-state index in [1.54, 1.807) is 0 Å². The number of aryl methyl sites for hydroxylation is 2. The van der Waals surface area contributed by atoms with E-state index in [0.29, 0.717) is 10.4 Å². The van der Waals surface area contributed by atoms with Gasteiger partial charge in [0.2, 0.25) is 0 Å². The number of thiocarbonyl (C=S) groups is 1. The normalized spacial score (nSPS) is 17.8. The van der Waals surface area contributed by atoms with E-state index in [0.717, 1.165) is 29.2 Å². The minimum atomic E-state index is 0.366. The monoisotopic (exact) mass is 291 g/mol. The number of nitrogens with two attached hydrogens (primary N) is 1. The molecule has 1 aliphatic rings. The summed E-state index contributed by atoms with van der Waals surface area (Å²) in [6.45, 7) is 7.35. The molecule has 0 atom stereocenters. The molecule has 3 N–H and O–H groups in total. The molecule has 20 heavy (non-hydrogen) atoms. The van der Waals surface area contributed by atoms with E-state index in [1.807, 2.05) is 19.9 Å². The highest BCUT2D eigenvalue weighted by atomic mass is 32.1. The van der Waals surface area contributed by atoms with Gasteiger partial charge in [-0.15, -0.1) is 0 Å². The van der Waals surface area contributed by atoms with Crippen molar-refractivity contribution >= 4 is 23.0 Å². The van der Waals surface area contributed by atoms with Gasteiger partial charge in [0.05, 0.1) is 5.56 Å². The maximum atomic E-state index is 5.86. The molecule has 2 rings (SSSR count). The Hall–Kier alpha value is -1.16. The van der Waals surface area contributed by atoms with Crippen LogP contribution >= 0.6 is 12.2 Å². The van der Waals surface area contributed by atoms with E-state index in [1.165, 1.54) is 32.1 Å². The number of pyridine rings is 1. The first-order chi connectivity index (χ1) is 9.41. The smallest absolute Gasteiger partial charge is 0.136 e. The van der Waals surface area contributed by atoms with Gasteiger partial charge in [-0.2, -0.15) is 0 Å². The second kappa shape index (κ2) is 6.08. The van der Waals surface area contributed by atoms with Crippen molar-refractivity contribution in [1.82, 2.24) is 4.98 Å². The van der Waals surface area contributed by atoms with Crippen molar-refractivity contribution in [3.05, 3.63) is 22.9 Å². The fourth-order valence-corrected chi connectivity index (χ4v) is 3.41. The maximum Gasteiger partial charge on any atom is 0.136 e. The summed E-state index contributed by atoms with van der Waals surface area (Å²) in [4.78, 5) is 5.01.